The van der Waals surface area contributed by atoms with Gasteiger partial charge in [0, 0.05) is 5.54 Å². The molecule has 0 saturated carbocycles. The third-order valence-electron chi connectivity index (χ3n) is 2.48. The van der Waals surface area contributed by atoms with Crippen LogP contribution in [0.5, 0.6) is 0 Å². The molecule has 0 saturated heterocycles. The summed E-state index contributed by atoms with van der Waals surface area (Å²) in [6.07, 6.45) is -0.187. The molecule has 100 valence electrons. The molecule has 6 nitrogen and oxygen atoms in total. The largest absolute Gasteiger partial charge is 0.481 e. The molecule has 1 aromatic heterocycles. The fraction of sp³-hybridized carbons (Fsp3) is 0.385. The van der Waals surface area contributed by atoms with Gasteiger partial charge < -0.3 is 10.4 Å². The Morgan fingerprint density at radius 2 is 2.11 bits per heavy atom. The van der Waals surface area contributed by atoms with Crippen molar-refractivity contribution in [1.29, 1.82) is 5.26 Å². The van der Waals surface area contributed by atoms with Crippen LogP contribution in [0.2, 0.25) is 0 Å². The van der Waals surface area contributed by atoms with Gasteiger partial charge in [-0.1, -0.05) is 0 Å². The molecule has 0 bridgehead atoms. The normalized spacial score (nSPS) is 10.6. The van der Waals surface area contributed by atoms with Crippen LogP contribution in [0.4, 0.5) is 0 Å². The molecular formula is C13H15N3O3. The molecule has 1 amide bonds. The van der Waals surface area contributed by atoms with Gasteiger partial charge in [-0.25, -0.2) is 4.98 Å². The highest BCUT2D eigenvalue weighted by molar-refractivity contribution is 5.93. The number of nitriles is 1. The predicted molar refractivity (Wildman–Crippen MR) is 67.5 cm³/mol. The number of aliphatic carboxylic acids is 1. The molecule has 19 heavy (non-hydrogen) atoms. The number of nitrogens with zero attached hydrogens (tertiary/aromatic N) is 2. The molecule has 0 fully saturated rings. The van der Waals surface area contributed by atoms with Crippen molar-refractivity contribution in [1.82, 2.24) is 10.3 Å². The average Bonchev–Trinajstić information content (AvgIpc) is 2.26. The number of pyridine rings is 1. The molecule has 0 atom stereocenters. The zero-order chi connectivity index (χ0) is 14.6. The number of rotatable bonds is 4. The second kappa shape index (κ2) is 5.48. The first kappa shape index (κ1) is 14.6. The first-order chi connectivity index (χ1) is 8.75. The summed E-state index contributed by atoms with van der Waals surface area (Å²) in [5, 5.41) is 20.1. The van der Waals surface area contributed by atoms with Crippen molar-refractivity contribution in [2.75, 3.05) is 0 Å². The summed E-state index contributed by atoms with van der Waals surface area (Å²) in [5.74, 6) is -1.45. The molecule has 1 aromatic rings. The third-order valence-corrected chi connectivity index (χ3v) is 2.48. The van der Waals surface area contributed by atoms with Crippen LogP contribution in [0.1, 0.15) is 42.0 Å². The van der Waals surface area contributed by atoms with Gasteiger partial charge in [-0.2, -0.15) is 5.26 Å². The standard InChI is InChI=1S/C13H15N3O3/c1-8-9(7-14)4-5-10(15-8)12(19)16-13(2,3)6-11(17)18/h4-5H,6H2,1-3H3,(H,16,19)(H,17,18). The molecular weight excluding hydrogens is 246 g/mol. The summed E-state index contributed by atoms with van der Waals surface area (Å²) in [7, 11) is 0. The Kier molecular flexibility index (Phi) is 4.22. The molecule has 0 spiro atoms. The Morgan fingerprint density at radius 3 is 2.58 bits per heavy atom. The van der Waals surface area contributed by atoms with Gasteiger partial charge in [0.2, 0.25) is 0 Å². The SMILES string of the molecule is Cc1nc(C(=O)NC(C)(C)CC(=O)O)ccc1C#N. The summed E-state index contributed by atoms with van der Waals surface area (Å²) in [4.78, 5) is 26.6. The Labute approximate surface area is 111 Å². The lowest BCUT2D eigenvalue weighted by atomic mass is 10.0. The molecule has 2 N–H and O–H groups in total. The number of hydrogen-bond donors (Lipinski definition) is 2. The maximum absolute atomic E-state index is 11.9. The maximum atomic E-state index is 11.9. The van der Waals surface area contributed by atoms with E-state index in [1.54, 1.807) is 20.8 Å². The van der Waals surface area contributed by atoms with Crippen LogP contribution in [-0.4, -0.2) is 27.5 Å². The summed E-state index contributed by atoms with van der Waals surface area (Å²) < 4.78 is 0. The van der Waals surface area contributed by atoms with Crippen LogP contribution >= 0.6 is 0 Å². The van der Waals surface area contributed by atoms with E-state index in [1.807, 2.05) is 6.07 Å². The zero-order valence-corrected chi connectivity index (χ0v) is 11.0. The van der Waals surface area contributed by atoms with Gasteiger partial charge in [-0.15, -0.1) is 0 Å². The van der Waals surface area contributed by atoms with Gasteiger partial charge in [0.15, 0.2) is 0 Å². The van der Waals surface area contributed by atoms with Crippen molar-refractivity contribution >= 4 is 11.9 Å². The van der Waals surface area contributed by atoms with E-state index in [2.05, 4.69) is 10.3 Å². The molecule has 0 unspecified atom stereocenters. The topological polar surface area (TPSA) is 103 Å². The summed E-state index contributed by atoms with van der Waals surface area (Å²) in [5.41, 5.74) is 0.161. The fourth-order valence-corrected chi connectivity index (χ4v) is 1.60. The summed E-state index contributed by atoms with van der Waals surface area (Å²) in [6, 6.07) is 4.92. The Hall–Kier alpha value is -2.42. The minimum Gasteiger partial charge on any atom is -0.481 e. The van der Waals surface area contributed by atoms with E-state index in [0.29, 0.717) is 11.3 Å². The van der Waals surface area contributed by atoms with E-state index in [1.165, 1.54) is 12.1 Å². The van der Waals surface area contributed by atoms with Crippen LogP contribution in [0.3, 0.4) is 0 Å². The van der Waals surface area contributed by atoms with Crippen LogP contribution < -0.4 is 5.32 Å². The van der Waals surface area contributed by atoms with Gasteiger partial charge >= 0.3 is 5.97 Å². The first-order valence-electron chi connectivity index (χ1n) is 5.67. The van der Waals surface area contributed by atoms with E-state index in [9.17, 15) is 9.59 Å². The van der Waals surface area contributed by atoms with Crippen LogP contribution in [0.15, 0.2) is 12.1 Å². The number of amides is 1. The lowest BCUT2D eigenvalue weighted by Crippen LogP contribution is -2.45. The number of carboxylic acids is 1. The minimum absolute atomic E-state index is 0.162. The molecule has 6 heteroatoms. The summed E-state index contributed by atoms with van der Waals surface area (Å²) in [6.45, 7) is 4.88. The third kappa shape index (κ3) is 4.07. The second-order valence-corrected chi connectivity index (χ2v) is 4.85. The monoisotopic (exact) mass is 261 g/mol. The molecule has 0 aliphatic carbocycles. The van der Waals surface area contributed by atoms with Gasteiger partial charge in [-0.3, -0.25) is 9.59 Å². The minimum atomic E-state index is -0.991. The predicted octanol–water partition coefficient (Wildman–Crippen LogP) is 1.24. The number of hydrogen-bond acceptors (Lipinski definition) is 4. The van der Waals surface area contributed by atoms with Gasteiger partial charge in [0.05, 0.1) is 17.7 Å². The number of carbonyl (C=O) groups is 2. The van der Waals surface area contributed by atoms with Crippen LogP contribution in [0.25, 0.3) is 0 Å². The van der Waals surface area contributed by atoms with Crippen molar-refractivity contribution in [3.63, 3.8) is 0 Å². The molecule has 0 aliphatic heterocycles. The smallest absolute Gasteiger partial charge is 0.305 e. The van der Waals surface area contributed by atoms with Crippen LogP contribution in [0, 0.1) is 18.3 Å². The second-order valence-electron chi connectivity index (χ2n) is 4.85. The Bertz CT molecular complexity index is 559. The maximum Gasteiger partial charge on any atom is 0.305 e. The average molecular weight is 261 g/mol. The molecule has 0 aromatic carbocycles. The van der Waals surface area contributed by atoms with Crippen molar-refractivity contribution in [3.8, 4) is 6.07 Å². The first-order valence-corrected chi connectivity index (χ1v) is 5.67. The van der Waals surface area contributed by atoms with Crippen molar-refractivity contribution in [2.24, 2.45) is 0 Å². The van der Waals surface area contributed by atoms with E-state index >= 15 is 0 Å². The van der Waals surface area contributed by atoms with E-state index in [0.717, 1.165) is 0 Å². The zero-order valence-electron chi connectivity index (χ0n) is 11.0. The van der Waals surface area contributed by atoms with Crippen molar-refractivity contribution in [2.45, 2.75) is 32.7 Å². The molecule has 0 aliphatic rings. The molecule has 1 heterocycles. The highest BCUT2D eigenvalue weighted by Gasteiger charge is 2.25. The van der Waals surface area contributed by atoms with E-state index in [4.69, 9.17) is 10.4 Å². The van der Waals surface area contributed by atoms with Gasteiger partial charge in [0.1, 0.15) is 11.8 Å². The lowest BCUT2D eigenvalue weighted by molar-refractivity contribution is -0.138. The van der Waals surface area contributed by atoms with Gasteiger partial charge in [-0.05, 0) is 32.9 Å². The van der Waals surface area contributed by atoms with E-state index in [-0.39, 0.29) is 12.1 Å². The quantitative estimate of drug-likeness (QED) is 0.848. The van der Waals surface area contributed by atoms with E-state index < -0.39 is 17.4 Å². The number of aryl methyl sites for hydroxylation is 1. The molecule has 0 radical (unpaired) electrons. The van der Waals surface area contributed by atoms with Gasteiger partial charge in [0.25, 0.3) is 5.91 Å². The number of carbonyl (C=O) groups excluding carboxylic acids is 1. The summed E-state index contributed by atoms with van der Waals surface area (Å²) >= 11 is 0. The Morgan fingerprint density at radius 1 is 1.47 bits per heavy atom. The number of carboxylic acid groups (broad SMARTS) is 1. The van der Waals surface area contributed by atoms with Crippen molar-refractivity contribution in [3.05, 3.63) is 29.1 Å². The highest BCUT2D eigenvalue weighted by Crippen LogP contribution is 2.11. The fourth-order valence-electron chi connectivity index (χ4n) is 1.60. The Balaban J connectivity index is 2.87. The molecule has 1 rings (SSSR count). The number of aromatic nitrogens is 1. The van der Waals surface area contributed by atoms with Crippen molar-refractivity contribution < 1.29 is 14.7 Å². The highest BCUT2D eigenvalue weighted by atomic mass is 16.4. The van der Waals surface area contributed by atoms with Crippen LogP contribution in [-0.2, 0) is 4.79 Å². The number of nitrogens with one attached hydrogen (secondary N) is 1. The lowest BCUT2D eigenvalue weighted by Gasteiger charge is -2.24.